The molecule has 0 spiro atoms. The molecule has 96 valence electrons. The van der Waals surface area contributed by atoms with Gasteiger partial charge in [-0.05, 0) is 0 Å². The number of aromatic carboxylic acids is 1. The number of carboxylic acids is 1. The zero-order valence-electron chi connectivity index (χ0n) is 8.35. The van der Waals surface area contributed by atoms with Crippen molar-refractivity contribution < 1.29 is 28.2 Å². The van der Waals surface area contributed by atoms with Gasteiger partial charge in [0, 0.05) is 6.54 Å². The molecule has 0 saturated heterocycles. The van der Waals surface area contributed by atoms with Gasteiger partial charge < -0.3 is 15.9 Å². The minimum atomic E-state index is -4.82. The molecule has 0 saturated carbocycles. The molecular weight excluding hydrogens is 245 g/mol. The number of carboxylic acid groups (broad SMARTS) is 1. The summed E-state index contributed by atoms with van der Waals surface area (Å²) in [4.78, 5) is 10.6. The molecule has 0 aromatic carbocycles. The summed E-state index contributed by atoms with van der Waals surface area (Å²) in [5.41, 5.74) is 4.49. The molecule has 10 heteroatoms. The normalized spacial score (nSPS) is 13.7. The second kappa shape index (κ2) is 4.67. The molecule has 1 aromatic heterocycles. The highest BCUT2D eigenvalue weighted by Crippen LogP contribution is 2.21. The summed E-state index contributed by atoms with van der Waals surface area (Å²) in [6.45, 7) is -1.30. The Morgan fingerprint density at radius 2 is 2.12 bits per heavy atom. The summed E-state index contributed by atoms with van der Waals surface area (Å²) in [6.07, 6.45) is -7.47. The second-order valence-corrected chi connectivity index (χ2v) is 3.13. The SMILES string of the molecule is NCc1c(C(=O)O)nnn1CC(O)C(F)(F)F. The average Bonchev–Trinajstić information content (AvgIpc) is 2.59. The fraction of sp³-hybridized carbons (Fsp3) is 0.571. The number of rotatable bonds is 4. The molecule has 0 bridgehead atoms. The maximum Gasteiger partial charge on any atom is 0.416 e. The first-order chi connectivity index (χ1) is 7.77. The van der Waals surface area contributed by atoms with Gasteiger partial charge in [-0.1, -0.05) is 5.21 Å². The fourth-order valence-electron chi connectivity index (χ4n) is 1.11. The van der Waals surface area contributed by atoms with E-state index in [1.807, 2.05) is 0 Å². The third-order valence-corrected chi connectivity index (χ3v) is 1.96. The van der Waals surface area contributed by atoms with Crippen LogP contribution in [-0.4, -0.2) is 43.5 Å². The van der Waals surface area contributed by atoms with E-state index in [1.54, 1.807) is 0 Å². The van der Waals surface area contributed by atoms with E-state index >= 15 is 0 Å². The number of alkyl halides is 3. The fourth-order valence-corrected chi connectivity index (χ4v) is 1.11. The van der Waals surface area contributed by atoms with Crippen molar-refractivity contribution in [2.75, 3.05) is 0 Å². The topological polar surface area (TPSA) is 114 Å². The van der Waals surface area contributed by atoms with Crippen LogP contribution < -0.4 is 5.73 Å². The number of carbonyl (C=O) groups is 1. The summed E-state index contributed by atoms with van der Waals surface area (Å²) in [5.74, 6) is -1.45. The van der Waals surface area contributed by atoms with Crippen molar-refractivity contribution in [1.82, 2.24) is 15.0 Å². The zero-order valence-corrected chi connectivity index (χ0v) is 8.35. The second-order valence-electron chi connectivity index (χ2n) is 3.13. The molecule has 17 heavy (non-hydrogen) atoms. The van der Waals surface area contributed by atoms with Gasteiger partial charge in [-0.25, -0.2) is 9.48 Å². The number of nitrogens with zero attached hydrogens (tertiary/aromatic N) is 3. The minimum absolute atomic E-state index is 0.180. The third-order valence-electron chi connectivity index (χ3n) is 1.96. The predicted molar refractivity (Wildman–Crippen MR) is 46.9 cm³/mol. The highest BCUT2D eigenvalue weighted by molar-refractivity contribution is 5.86. The van der Waals surface area contributed by atoms with E-state index in [0.29, 0.717) is 4.68 Å². The molecule has 7 nitrogen and oxygen atoms in total. The monoisotopic (exact) mass is 254 g/mol. The molecule has 0 aliphatic carbocycles. The van der Waals surface area contributed by atoms with Gasteiger partial charge in [0.2, 0.25) is 0 Å². The average molecular weight is 254 g/mol. The third kappa shape index (κ3) is 2.91. The minimum Gasteiger partial charge on any atom is -0.476 e. The van der Waals surface area contributed by atoms with Crippen LogP contribution in [0.15, 0.2) is 0 Å². The maximum atomic E-state index is 12.1. The van der Waals surface area contributed by atoms with Crippen LogP contribution in [0.4, 0.5) is 13.2 Å². The van der Waals surface area contributed by atoms with Crippen LogP contribution in [-0.2, 0) is 13.1 Å². The van der Waals surface area contributed by atoms with E-state index < -0.39 is 30.5 Å². The molecule has 0 aliphatic rings. The van der Waals surface area contributed by atoms with Crippen LogP contribution in [0.25, 0.3) is 0 Å². The Balaban J connectivity index is 2.96. The summed E-state index contributed by atoms with van der Waals surface area (Å²) in [5, 5.41) is 23.8. The maximum absolute atomic E-state index is 12.1. The van der Waals surface area contributed by atoms with Crippen molar-refractivity contribution in [3.63, 3.8) is 0 Å². The van der Waals surface area contributed by atoms with Crippen molar-refractivity contribution in [3.05, 3.63) is 11.4 Å². The molecule has 1 aromatic rings. The molecule has 1 rings (SSSR count). The lowest BCUT2D eigenvalue weighted by atomic mass is 10.3. The van der Waals surface area contributed by atoms with Gasteiger partial charge in [-0.3, -0.25) is 0 Å². The summed E-state index contributed by atoms with van der Waals surface area (Å²) in [6, 6.07) is 0. The highest BCUT2D eigenvalue weighted by Gasteiger charge is 2.39. The molecule has 0 fully saturated rings. The summed E-state index contributed by atoms with van der Waals surface area (Å²) < 4.78 is 36.9. The van der Waals surface area contributed by atoms with Crippen molar-refractivity contribution in [2.45, 2.75) is 25.4 Å². The molecule has 1 heterocycles. The van der Waals surface area contributed by atoms with Crippen LogP contribution in [0.3, 0.4) is 0 Å². The van der Waals surface area contributed by atoms with Crippen molar-refractivity contribution in [1.29, 1.82) is 0 Å². The first kappa shape index (κ1) is 13.4. The zero-order chi connectivity index (χ0) is 13.2. The Labute approximate surface area is 92.6 Å². The van der Waals surface area contributed by atoms with Gasteiger partial charge in [0.15, 0.2) is 11.8 Å². The molecular formula is C7H9F3N4O3. The quantitative estimate of drug-likeness (QED) is 0.658. The first-order valence-electron chi connectivity index (χ1n) is 4.38. The molecule has 0 radical (unpaired) electrons. The smallest absolute Gasteiger partial charge is 0.416 e. The van der Waals surface area contributed by atoms with Gasteiger partial charge in [-0.15, -0.1) is 5.10 Å². The van der Waals surface area contributed by atoms with Crippen LogP contribution in [0.1, 0.15) is 16.2 Å². The van der Waals surface area contributed by atoms with Crippen molar-refractivity contribution in [3.8, 4) is 0 Å². The number of aliphatic hydroxyl groups is 1. The standard InChI is InChI=1S/C7H9F3N4O3/c8-7(9,10)4(15)2-14-3(1-11)5(6(16)17)12-13-14/h4,15H,1-2,11H2,(H,16,17). The predicted octanol–water partition coefficient (Wildman–Crippen LogP) is -0.642. The molecule has 1 atom stereocenters. The Morgan fingerprint density at radius 1 is 1.53 bits per heavy atom. The largest absolute Gasteiger partial charge is 0.476 e. The van der Waals surface area contributed by atoms with Crippen molar-refractivity contribution >= 4 is 5.97 Å². The number of hydrogen-bond donors (Lipinski definition) is 3. The first-order valence-corrected chi connectivity index (χ1v) is 4.38. The number of halogens is 3. The Morgan fingerprint density at radius 3 is 2.53 bits per heavy atom. The van der Waals surface area contributed by atoms with E-state index in [9.17, 15) is 18.0 Å². The Bertz CT molecular complexity index is 417. The van der Waals surface area contributed by atoms with Crippen LogP contribution in [0.2, 0.25) is 0 Å². The lowest BCUT2D eigenvalue weighted by Gasteiger charge is -2.15. The molecule has 0 aliphatic heterocycles. The van der Waals surface area contributed by atoms with E-state index in [0.717, 1.165) is 0 Å². The van der Waals surface area contributed by atoms with Gasteiger partial charge >= 0.3 is 12.1 Å². The van der Waals surface area contributed by atoms with Gasteiger partial charge in [0.25, 0.3) is 0 Å². The van der Waals surface area contributed by atoms with E-state index in [-0.39, 0.29) is 12.2 Å². The number of nitrogens with two attached hydrogens (primary N) is 1. The van der Waals surface area contributed by atoms with Crippen LogP contribution in [0.5, 0.6) is 0 Å². The summed E-state index contributed by atoms with van der Waals surface area (Å²) >= 11 is 0. The lowest BCUT2D eigenvalue weighted by Crippen LogP contribution is -2.34. The highest BCUT2D eigenvalue weighted by atomic mass is 19.4. The molecule has 0 amide bonds. The van der Waals surface area contributed by atoms with Gasteiger partial charge in [-0.2, -0.15) is 13.2 Å². The van der Waals surface area contributed by atoms with Crippen molar-refractivity contribution in [2.24, 2.45) is 5.73 Å². The molecule has 1 unspecified atom stereocenters. The lowest BCUT2D eigenvalue weighted by molar-refractivity contribution is -0.208. The van der Waals surface area contributed by atoms with E-state index in [1.165, 1.54) is 0 Å². The van der Waals surface area contributed by atoms with Crippen LogP contribution in [0, 0.1) is 0 Å². The van der Waals surface area contributed by atoms with Crippen LogP contribution >= 0.6 is 0 Å². The summed E-state index contributed by atoms with van der Waals surface area (Å²) in [7, 11) is 0. The van der Waals surface area contributed by atoms with Gasteiger partial charge in [0.1, 0.15) is 0 Å². The van der Waals surface area contributed by atoms with Gasteiger partial charge in [0.05, 0.1) is 12.2 Å². The number of hydrogen-bond acceptors (Lipinski definition) is 5. The molecule has 4 N–H and O–H groups in total. The Hall–Kier alpha value is -1.68. The van der Waals surface area contributed by atoms with E-state index in [2.05, 4.69) is 10.3 Å². The van der Waals surface area contributed by atoms with E-state index in [4.69, 9.17) is 15.9 Å². The Kier molecular flexibility index (Phi) is 3.68. The number of aliphatic hydroxyl groups excluding tert-OH is 1. The number of aromatic nitrogens is 3.